The first-order valence-electron chi connectivity index (χ1n) is 4.43. The maximum absolute atomic E-state index is 11.5. The summed E-state index contributed by atoms with van der Waals surface area (Å²) >= 11 is 0. The molecular weight excluding hydrogens is 214 g/mol. The predicted molar refractivity (Wildman–Crippen MR) is 63.1 cm³/mol. The second kappa shape index (κ2) is 5.03. The molecule has 1 rings (SSSR count). The molecule has 0 radical (unpaired) electrons. The van der Waals surface area contributed by atoms with Gasteiger partial charge in [0.25, 0.3) is 0 Å². The SMILES string of the molecule is COC(=O)C(C)(C)c1ccc(N)cc1.Cl. The van der Waals surface area contributed by atoms with Crippen molar-refractivity contribution >= 4 is 24.1 Å². The molecular formula is C11H16ClNO2. The van der Waals surface area contributed by atoms with Crippen molar-refractivity contribution in [1.29, 1.82) is 0 Å². The third kappa shape index (κ3) is 2.86. The van der Waals surface area contributed by atoms with Crippen molar-refractivity contribution in [3.8, 4) is 0 Å². The number of benzene rings is 1. The Morgan fingerprint density at radius 2 is 1.73 bits per heavy atom. The molecule has 0 saturated carbocycles. The summed E-state index contributed by atoms with van der Waals surface area (Å²) in [5, 5.41) is 0. The van der Waals surface area contributed by atoms with E-state index in [9.17, 15) is 4.79 Å². The maximum atomic E-state index is 11.5. The Morgan fingerprint density at radius 3 is 2.13 bits per heavy atom. The lowest BCUT2D eigenvalue weighted by Gasteiger charge is -2.21. The lowest BCUT2D eigenvalue weighted by molar-refractivity contribution is -0.146. The van der Waals surface area contributed by atoms with Crippen LogP contribution in [0.1, 0.15) is 19.4 Å². The Balaban J connectivity index is 0.00000196. The van der Waals surface area contributed by atoms with Gasteiger partial charge in [0.2, 0.25) is 0 Å². The third-order valence-corrected chi connectivity index (χ3v) is 2.33. The van der Waals surface area contributed by atoms with Gasteiger partial charge in [-0.15, -0.1) is 12.4 Å². The number of halogens is 1. The van der Waals surface area contributed by atoms with Gasteiger partial charge in [0, 0.05) is 5.69 Å². The number of esters is 1. The molecule has 0 aliphatic carbocycles. The average Bonchev–Trinajstić information content (AvgIpc) is 2.17. The number of hydrogen-bond acceptors (Lipinski definition) is 3. The average molecular weight is 230 g/mol. The monoisotopic (exact) mass is 229 g/mol. The van der Waals surface area contributed by atoms with Crippen LogP contribution in [0.3, 0.4) is 0 Å². The summed E-state index contributed by atoms with van der Waals surface area (Å²) in [4.78, 5) is 11.5. The quantitative estimate of drug-likeness (QED) is 0.625. The van der Waals surface area contributed by atoms with E-state index in [1.807, 2.05) is 26.0 Å². The zero-order valence-electron chi connectivity index (χ0n) is 9.11. The number of anilines is 1. The van der Waals surface area contributed by atoms with Gasteiger partial charge in [0.15, 0.2) is 0 Å². The number of carbonyl (C=O) groups is 1. The lowest BCUT2D eigenvalue weighted by Crippen LogP contribution is -2.30. The molecule has 0 heterocycles. The summed E-state index contributed by atoms with van der Waals surface area (Å²) in [7, 11) is 1.39. The topological polar surface area (TPSA) is 52.3 Å². The Kier molecular flexibility index (Phi) is 4.62. The van der Waals surface area contributed by atoms with Gasteiger partial charge in [0.05, 0.1) is 12.5 Å². The molecule has 0 aliphatic rings. The van der Waals surface area contributed by atoms with Crippen molar-refractivity contribution in [2.75, 3.05) is 12.8 Å². The van der Waals surface area contributed by atoms with Gasteiger partial charge in [-0.2, -0.15) is 0 Å². The molecule has 1 aromatic carbocycles. The molecule has 15 heavy (non-hydrogen) atoms. The molecule has 0 atom stereocenters. The van der Waals surface area contributed by atoms with Crippen LogP contribution in [-0.4, -0.2) is 13.1 Å². The standard InChI is InChI=1S/C11H15NO2.ClH/c1-11(2,10(13)14-3)8-4-6-9(12)7-5-8;/h4-7H,12H2,1-3H3;1H. The van der Waals surface area contributed by atoms with Crippen molar-refractivity contribution in [3.05, 3.63) is 29.8 Å². The normalized spacial score (nSPS) is 10.3. The first-order valence-corrected chi connectivity index (χ1v) is 4.43. The fourth-order valence-electron chi connectivity index (χ4n) is 1.27. The van der Waals surface area contributed by atoms with E-state index in [2.05, 4.69) is 0 Å². The molecule has 0 fully saturated rings. The van der Waals surface area contributed by atoms with Crippen molar-refractivity contribution in [2.45, 2.75) is 19.3 Å². The van der Waals surface area contributed by atoms with Gasteiger partial charge < -0.3 is 10.5 Å². The third-order valence-electron chi connectivity index (χ3n) is 2.33. The largest absolute Gasteiger partial charge is 0.468 e. The van der Waals surface area contributed by atoms with Crippen molar-refractivity contribution in [2.24, 2.45) is 0 Å². The Morgan fingerprint density at radius 1 is 1.27 bits per heavy atom. The van der Waals surface area contributed by atoms with E-state index < -0.39 is 5.41 Å². The van der Waals surface area contributed by atoms with Crippen LogP contribution in [0, 0.1) is 0 Å². The van der Waals surface area contributed by atoms with E-state index in [0.717, 1.165) is 5.56 Å². The number of methoxy groups -OCH3 is 1. The van der Waals surface area contributed by atoms with Gasteiger partial charge in [-0.25, -0.2) is 0 Å². The van der Waals surface area contributed by atoms with E-state index in [1.54, 1.807) is 12.1 Å². The van der Waals surface area contributed by atoms with Crippen LogP contribution in [0.5, 0.6) is 0 Å². The summed E-state index contributed by atoms with van der Waals surface area (Å²) in [5.41, 5.74) is 6.53. The van der Waals surface area contributed by atoms with E-state index in [0.29, 0.717) is 5.69 Å². The van der Waals surface area contributed by atoms with Crippen molar-refractivity contribution in [3.63, 3.8) is 0 Å². The zero-order valence-corrected chi connectivity index (χ0v) is 9.93. The van der Waals surface area contributed by atoms with Crippen molar-refractivity contribution < 1.29 is 9.53 Å². The highest BCUT2D eigenvalue weighted by molar-refractivity contribution is 5.85. The fraction of sp³-hybridized carbons (Fsp3) is 0.364. The predicted octanol–water partition coefficient (Wildman–Crippen LogP) is 2.14. The van der Waals surface area contributed by atoms with Gasteiger partial charge in [-0.1, -0.05) is 12.1 Å². The van der Waals surface area contributed by atoms with Gasteiger partial charge >= 0.3 is 5.97 Å². The molecule has 0 bridgehead atoms. The first kappa shape index (κ1) is 13.8. The van der Waals surface area contributed by atoms with Gasteiger partial charge in [0.1, 0.15) is 0 Å². The van der Waals surface area contributed by atoms with Crippen LogP contribution in [-0.2, 0) is 14.9 Å². The Labute approximate surface area is 96.0 Å². The number of nitrogens with two attached hydrogens (primary N) is 1. The summed E-state index contributed by atoms with van der Waals surface area (Å²) in [6.45, 7) is 3.65. The highest BCUT2D eigenvalue weighted by Crippen LogP contribution is 2.25. The number of ether oxygens (including phenoxy) is 1. The molecule has 84 valence electrons. The Bertz CT molecular complexity index is 333. The molecule has 0 aliphatic heterocycles. The molecule has 0 saturated heterocycles. The minimum atomic E-state index is -0.623. The van der Waals surface area contributed by atoms with E-state index in [1.165, 1.54) is 7.11 Å². The van der Waals surface area contributed by atoms with Crippen LogP contribution in [0.2, 0.25) is 0 Å². The fourth-order valence-corrected chi connectivity index (χ4v) is 1.27. The minimum Gasteiger partial charge on any atom is -0.468 e. The smallest absolute Gasteiger partial charge is 0.315 e. The summed E-state index contributed by atoms with van der Waals surface area (Å²) < 4.78 is 4.73. The number of carbonyl (C=O) groups excluding carboxylic acids is 1. The molecule has 0 spiro atoms. The van der Waals surface area contributed by atoms with Crippen LogP contribution < -0.4 is 5.73 Å². The zero-order chi connectivity index (χ0) is 10.8. The Hall–Kier alpha value is -1.22. The molecule has 0 aromatic heterocycles. The summed E-state index contributed by atoms with van der Waals surface area (Å²) in [6, 6.07) is 7.23. The number of hydrogen-bond donors (Lipinski definition) is 1. The van der Waals surface area contributed by atoms with Crippen LogP contribution >= 0.6 is 12.4 Å². The van der Waals surface area contributed by atoms with E-state index in [-0.39, 0.29) is 18.4 Å². The molecule has 3 nitrogen and oxygen atoms in total. The van der Waals surface area contributed by atoms with E-state index in [4.69, 9.17) is 10.5 Å². The second-order valence-electron chi connectivity index (χ2n) is 3.74. The van der Waals surface area contributed by atoms with Crippen LogP contribution in [0.15, 0.2) is 24.3 Å². The van der Waals surface area contributed by atoms with Gasteiger partial charge in [-0.3, -0.25) is 4.79 Å². The molecule has 0 unspecified atom stereocenters. The second-order valence-corrected chi connectivity index (χ2v) is 3.74. The maximum Gasteiger partial charge on any atom is 0.315 e. The highest BCUT2D eigenvalue weighted by Gasteiger charge is 2.30. The van der Waals surface area contributed by atoms with E-state index >= 15 is 0 Å². The molecule has 4 heteroatoms. The van der Waals surface area contributed by atoms with Gasteiger partial charge in [-0.05, 0) is 31.5 Å². The number of rotatable bonds is 2. The summed E-state index contributed by atoms with van der Waals surface area (Å²) in [5.74, 6) is -0.248. The molecule has 2 N–H and O–H groups in total. The van der Waals surface area contributed by atoms with Crippen LogP contribution in [0.4, 0.5) is 5.69 Å². The molecule has 0 amide bonds. The van der Waals surface area contributed by atoms with Crippen LogP contribution in [0.25, 0.3) is 0 Å². The van der Waals surface area contributed by atoms with Crippen molar-refractivity contribution in [1.82, 2.24) is 0 Å². The first-order chi connectivity index (χ1) is 6.48. The minimum absolute atomic E-state index is 0. The molecule has 1 aromatic rings. The summed E-state index contributed by atoms with van der Waals surface area (Å²) in [6.07, 6.45) is 0. The number of nitrogen functional groups attached to an aromatic ring is 1. The highest BCUT2D eigenvalue weighted by atomic mass is 35.5. The lowest BCUT2D eigenvalue weighted by atomic mass is 9.85.